The van der Waals surface area contributed by atoms with Crippen molar-refractivity contribution in [2.24, 2.45) is 5.73 Å². The zero-order valence-corrected chi connectivity index (χ0v) is 12.9. The highest BCUT2D eigenvalue weighted by Gasteiger charge is 2.02. The van der Waals surface area contributed by atoms with Crippen molar-refractivity contribution < 1.29 is 4.79 Å². The molecule has 0 spiro atoms. The smallest absolute Gasteiger partial charge is 0.217 e. The summed E-state index contributed by atoms with van der Waals surface area (Å²) in [6, 6.07) is 27.2. The van der Waals surface area contributed by atoms with Crippen molar-refractivity contribution in [3.05, 3.63) is 84.4 Å². The van der Waals surface area contributed by atoms with E-state index >= 15 is 0 Å². The molecule has 2 heteroatoms. The molecule has 0 aliphatic rings. The van der Waals surface area contributed by atoms with Crippen LogP contribution >= 0.6 is 0 Å². The number of rotatable bonds is 5. The molecule has 0 aliphatic carbocycles. The molecule has 23 heavy (non-hydrogen) atoms. The highest BCUT2D eigenvalue weighted by atomic mass is 16.1. The molecule has 3 aromatic rings. The second-order valence-electron chi connectivity index (χ2n) is 5.61. The van der Waals surface area contributed by atoms with E-state index in [2.05, 4.69) is 72.8 Å². The Morgan fingerprint density at radius 1 is 0.696 bits per heavy atom. The van der Waals surface area contributed by atoms with Gasteiger partial charge < -0.3 is 5.73 Å². The minimum absolute atomic E-state index is 0.260. The zero-order valence-electron chi connectivity index (χ0n) is 12.9. The van der Waals surface area contributed by atoms with Gasteiger partial charge in [-0.1, -0.05) is 72.8 Å². The third-order valence-corrected chi connectivity index (χ3v) is 3.92. The van der Waals surface area contributed by atoms with Crippen LogP contribution in [0.5, 0.6) is 0 Å². The number of aryl methyl sites for hydroxylation is 1. The molecule has 114 valence electrons. The summed E-state index contributed by atoms with van der Waals surface area (Å²) < 4.78 is 0. The summed E-state index contributed by atoms with van der Waals surface area (Å²) in [5.74, 6) is -0.260. The predicted octanol–water partition coefficient (Wildman–Crippen LogP) is 4.44. The van der Waals surface area contributed by atoms with Crippen LogP contribution in [0.4, 0.5) is 0 Å². The summed E-state index contributed by atoms with van der Waals surface area (Å²) in [5, 5.41) is 0. The van der Waals surface area contributed by atoms with Gasteiger partial charge in [-0.15, -0.1) is 0 Å². The molecule has 0 atom stereocenters. The zero-order chi connectivity index (χ0) is 16.1. The normalized spacial score (nSPS) is 10.4. The first kappa shape index (κ1) is 15.0. The van der Waals surface area contributed by atoms with Gasteiger partial charge >= 0.3 is 0 Å². The Bertz CT molecular complexity index is 792. The van der Waals surface area contributed by atoms with E-state index in [0.29, 0.717) is 12.8 Å². The number of amides is 1. The second kappa shape index (κ2) is 6.93. The van der Waals surface area contributed by atoms with Crippen molar-refractivity contribution in [3.63, 3.8) is 0 Å². The van der Waals surface area contributed by atoms with Crippen LogP contribution < -0.4 is 5.73 Å². The third kappa shape index (κ3) is 3.86. The monoisotopic (exact) mass is 301 g/mol. The van der Waals surface area contributed by atoms with E-state index in [4.69, 9.17) is 5.73 Å². The van der Waals surface area contributed by atoms with Crippen molar-refractivity contribution >= 4 is 5.91 Å². The third-order valence-electron chi connectivity index (χ3n) is 3.92. The van der Waals surface area contributed by atoms with Gasteiger partial charge in [0.15, 0.2) is 0 Å². The van der Waals surface area contributed by atoms with Crippen LogP contribution in [-0.2, 0) is 11.2 Å². The summed E-state index contributed by atoms with van der Waals surface area (Å²) in [7, 11) is 0. The van der Waals surface area contributed by atoms with Crippen LogP contribution in [0, 0.1) is 0 Å². The van der Waals surface area contributed by atoms with Crippen molar-refractivity contribution in [2.45, 2.75) is 12.8 Å². The number of hydrogen-bond acceptors (Lipinski definition) is 1. The Balaban J connectivity index is 1.83. The second-order valence-corrected chi connectivity index (χ2v) is 5.61. The van der Waals surface area contributed by atoms with Crippen LogP contribution in [0.15, 0.2) is 78.9 Å². The van der Waals surface area contributed by atoms with E-state index in [9.17, 15) is 4.79 Å². The SMILES string of the molecule is NC(=O)CCc1ccc(-c2cccc(-c3ccccc3)c2)cc1. The van der Waals surface area contributed by atoms with Gasteiger partial charge in [0.25, 0.3) is 0 Å². The molecule has 3 aromatic carbocycles. The largest absolute Gasteiger partial charge is 0.370 e. The van der Waals surface area contributed by atoms with Crippen molar-refractivity contribution in [2.75, 3.05) is 0 Å². The minimum atomic E-state index is -0.260. The number of hydrogen-bond donors (Lipinski definition) is 1. The van der Waals surface area contributed by atoms with Crippen molar-refractivity contribution in [1.29, 1.82) is 0 Å². The molecule has 0 saturated heterocycles. The molecule has 0 heterocycles. The van der Waals surface area contributed by atoms with E-state index in [1.165, 1.54) is 22.3 Å². The van der Waals surface area contributed by atoms with Crippen molar-refractivity contribution in [3.8, 4) is 22.3 Å². The van der Waals surface area contributed by atoms with Crippen LogP contribution in [-0.4, -0.2) is 5.91 Å². The Morgan fingerprint density at radius 2 is 1.26 bits per heavy atom. The summed E-state index contributed by atoms with van der Waals surface area (Å²) >= 11 is 0. The van der Waals surface area contributed by atoms with E-state index in [1.54, 1.807) is 0 Å². The van der Waals surface area contributed by atoms with Gasteiger partial charge in [-0.2, -0.15) is 0 Å². The number of carbonyl (C=O) groups is 1. The highest BCUT2D eigenvalue weighted by Crippen LogP contribution is 2.26. The fourth-order valence-electron chi connectivity index (χ4n) is 2.64. The van der Waals surface area contributed by atoms with Gasteiger partial charge in [-0.3, -0.25) is 4.79 Å². The molecule has 0 fully saturated rings. The molecule has 0 bridgehead atoms. The Kier molecular flexibility index (Phi) is 4.53. The average molecular weight is 301 g/mol. The van der Waals surface area contributed by atoms with Crippen LogP contribution in [0.1, 0.15) is 12.0 Å². The fourth-order valence-corrected chi connectivity index (χ4v) is 2.64. The predicted molar refractivity (Wildman–Crippen MR) is 94.8 cm³/mol. The standard InChI is InChI=1S/C21H19NO/c22-21(23)14-11-16-9-12-18(13-10-16)20-8-4-7-19(15-20)17-5-2-1-3-6-17/h1-10,12-13,15H,11,14H2,(H2,22,23). The Morgan fingerprint density at radius 3 is 1.87 bits per heavy atom. The molecule has 0 saturated carbocycles. The maximum atomic E-state index is 10.9. The highest BCUT2D eigenvalue weighted by molar-refractivity contribution is 5.74. The molecule has 2 nitrogen and oxygen atoms in total. The lowest BCUT2D eigenvalue weighted by atomic mass is 9.98. The lowest BCUT2D eigenvalue weighted by molar-refractivity contribution is -0.117. The molecule has 1 amide bonds. The van der Waals surface area contributed by atoms with E-state index in [0.717, 1.165) is 5.56 Å². The average Bonchev–Trinajstić information content (AvgIpc) is 2.61. The lowest BCUT2D eigenvalue weighted by Crippen LogP contribution is -2.11. The molecular weight excluding hydrogens is 282 g/mol. The maximum absolute atomic E-state index is 10.9. The first-order valence-electron chi connectivity index (χ1n) is 7.75. The molecular formula is C21H19NO. The first-order chi connectivity index (χ1) is 11.2. The summed E-state index contributed by atoms with van der Waals surface area (Å²) in [6.45, 7) is 0. The van der Waals surface area contributed by atoms with Gasteiger partial charge in [0.1, 0.15) is 0 Å². The Hall–Kier alpha value is -2.87. The van der Waals surface area contributed by atoms with Gasteiger partial charge in [0, 0.05) is 6.42 Å². The molecule has 0 unspecified atom stereocenters. The van der Waals surface area contributed by atoms with Crippen LogP contribution in [0.3, 0.4) is 0 Å². The quantitative estimate of drug-likeness (QED) is 0.744. The van der Waals surface area contributed by atoms with Gasteiger partial charge in [-0.25, -0.2) is 0 Å². The maximum Gasteiger partial charge on any atom is 0.217 e. The number of benzene rings is 3. The number of nitrogens with two attached hydrogens (primary N) is 1. The van der Waals surface area contributed by atoms with Gasteiger partial charge in [0.05, 0.1) is 0 Å². The van der Waals surface area contributed by atoms with Crippen molar-refractivity contribution in [1.82, 2.24) is 0 Å². The molecule has 3 rings (SSSR count). The molecule has 0 aromatic heterocycles. The lowest BCUT2D eigenvalue weighted by Gasteiger charge is -2.07. The summed E-state index contributed by atoms with van der Waals surface area (Å²) in [5.41, 5.74) is 11.1. The summed E-state index contributed by atoms with van der Waals surface area (Å²) in [4.78, 5) is 10.9. The van der Waals surface area contributed by atoms with E-state index in [1.807, 2.05) is 6.07 Å². The van der Waals surface area contributed by atoms with E-state index in [-0.39, 0.29) is 5.91 Å². The number of primary amides is 1. The van der Waals surface area contributed by atoms with Crippen LogP contribution in [0.25, 0.3) is 22.3 Å². The molecule has 0 radical (unpaired) electrons. The summed E-state index contributed by atoms with van der Waals surface area (Å²) in [6.07, 6.45) is 1.09. The van der Waals surface area contributed by atoms with Gasteiger partial charge in [-0.05, 0) is 40.3 Å². The van der Waals surface area contributed by atoms with Gasteiger partial charge in [0.2, 0.25) is 5.91 Å². The molecule has 0 aliphatic heterocycles. The fraction of sp³-hybridized carbons (Fsp3) is 0.0952. The van der Waals surface area contributed by atoms with Crippen LogP contribution in [0.2, 0.25) is 0 Å². The van der Waals surface area contributed by atoms with E-state index < -0.39 is 0 Å². The number of carbonyl (C=O) groups excluding carboxylic acids is 1. The topological polar surface area (TPSA) is 43.1 Å². The Labute approximate surface area is 136 Å². The minimum Gasteiger partial charge on any atom is -0.370 e. The first-order valence-corrected chi connectivity index (χ1v) is 7.75. The molecule has 2 N–H and O–H groups in total.